The van der Waals surface area contributed by atoms with Gasteiger partial charge in [-0.2, -0.15) is 0 Å². The standard InChI is InChI=1S/C25H27N3O2/c1-4-28(22-11-6-5-7-12-22)25(30)20-13-15-21(16-14-20)26-17-23(29)27-24-18(2)9-8-10-19(24)3/h5-16,26H,4,17H2,1-3H3,(H,27,29). The summed E-state index contributed by atoms with van der Waals surface area (Å²) < 4.78 is 0. The summed E-state index contributed by atoms with van der Waals surface area (Å²) in [5, 5.41) is 6.06. The van der Waals surface area contributed by atoms with Crippen LogP contribution in [0.1, 0.15) is 28.4 Å². The smallest absolute Gasteiger partial charge is 0.258 e. The Morgan fingerprint density at radius 1 is 0.833 bits per heavy atom. The third kappa shape index (κ3) is 5.06. The molecule has 2 amide bonds. The first-order chi connectivity index (χ1) is 14.5. The van der Waals surface area contributed by atoms with Crippen LogP contribution in [0.2, 0.25) is 0 Å². The Kier molecular flexibility index (Phi) is 6.86. The Labute approximate surface area is 177 Å². The minimum absolute atomic E-state index is 0.0528. The largest absolute Gasteiger partial charge is 0.376 e. The van der Waals surface area contributed by atoms with E-state index in [2.05, 4.69) is 10.6 Å². The number of carbonyl (C=O) groups is 2. The lowest BCUT2D eigenvalue weighted by molar-refractivity contribution is -0.114. The zero-order valence-corrected chi connectivity index (χ0v) is 17.6. The third-order valence-electron chi connectivity index (χ3n) is 4.96. The Hall–Kier alpha value is -3.60. The van der Waals surface area contributed by atoms with Crippen molar-refractivity contribution in [3.63, 3.8) is 0 Å². The van der Waals surface area contributed by atoms with Gasteiger partial charge in [0.2, 0.25) is 5.91 Å². The molecular formula is C25H27N3O2. The minimum Gasteiger partial charge on any atom is -0.376 e. The second-order valence-electron chi connectivity index (χ2n) is 7.13. The molecular weight excluding hydrogens is 374 g/mol. The number of nitrogens with zero attached hydrogens (tertiary/aromatic N) is 1. The number of aryl methyl sites for hydroxylation is 2. The fourth-order valence-electron chi connectivity index (χ4n) is 3.32. The van der Waals surface area contributed by atoms with Crippen molar-refractivity contribution in [3.8, 4) is 0 Å². The summed E-state index contributed by atoms with van der Waals surface area (Å²) in [7, 11) is 0. The molecule has 0 aromatic heterocycles. The van der Waals surface area contributed by atoms with Gasteiger partial charge in [0.1, 0.15) is 0 Å². The molecule has 0 saturated heterocycles. The van der Waals surface area contributed by atoms with Crippen LogP contribution < -0.4 is 15.5 Å². The molecule has 154 valence electrons. The molecule has 0 unspecified atom stereocenters. The van der Waals surface area contributed by atoms with Crippen molar-refractivity contribution in [1.82, 2.24) is 0 Å². The molecule has 0 heterocycles. The number of hydrogen-bond donors (Lipinski definition) is 2. The van der Waals surface area contributed by atoms with Gasteiger partial charge < -0.3 is 15.5 Å². The Morgan fingerprint density at radius 3 is 2.07 bits per heavy atom. The van der Waals surface area contributed by atoms with Crippen LogP contribution >= 0.6 is 0 Å². The Balaban J connectivity index is 1.60. The van der Waals surface area contributed by atoms with Gasteiger partial charge in [-0.1, -0.05) is 36.4 Å². The molecule has 0 atom stereocenters. The second-order valence-corrected chi connectivity index (χ2v) is 7.13. The normalized spacial score (nSPS) is 10.4. The van der Waals surface area contributed by atoms with Crippen LogP contribution in [0.15, 0.2) is 72.8 Å². The molecule has 5 nitrogen and oxygen atoms in total. The molecule has 3 rings (SSSR count). The van der Waals surface area contributed by atoms with E-state index in [0.29, 0.717) is 12.1 Å². The average molecular weight is 402 g/mol. The number of hydrogen-bond acceptors (Lipinski definition) is 3. The lowest BCUT2D eigenvalue weighted by Gasteiger charge is -2.21. The highest BCUT2D eigenvalue weighted by atomic mass is 16.2. The number of nitrogens with one attached hydrogen (secondary N) is 2. The summed E-state index contributed by atoms with van der Waals surface area (Å²) in [6.07, 6.45) is 0. The van der Waals surface area contributed by atoms with Crippen LogP contribution in [0.3, 0.4) is 0 Å². The van der Waals surface area contributed by atoms with E-state index in [1.165, 1.54) is 0 Å². The zero-order chi connectivity index (χ0) is 21.5. The fraction of sp³-hybridized carbons (Fsp3) is 0.200. The monoisotopic (exact) mass is 401 g/mol. The van der Waals surface area contributed by atoms with E-state index in [1.807, 2.05) is 81.4 Å². The summed E-state index contributed by atoms with van der Waals surface area (Å²) in [5.41, 5.74) is 5.17. The van der Waals surface area contributed by atoms with Gasteiger partial charge in [0.25, 0.3) is 5.91 Å². The van der Waals surface area contributed by atoms with Crippen molar-refractivity contribution in [2.24, 2.45) is 0 Å². The fourth-order valence-corrected chi connectivity index (χ4v) is 3.32. The maximum atomic E-state index is 12.9. The van der Waals surface area contributed by atoms with Crippen molar-refractivity contribution < 1.29 is 9.59 Å². The van der Waals surface area contributed by atoms with Gasteiger partial charge in [0, 0.05) is 29.2 Å². The van der Waals surface area contributed by atoms with Crippen LogP contribution in [0, 0.1) is 13.8 Å². The summed E-state index contributed by atoms with van der Waals surface area (Å²) in [6.45, 7) is 6.63. The molecule has 0 aliphatic rings. The first-order valence-electron chi connectivity index (χ1n) is 10.1. The number of amides is 2. The van der Waals surface area contributed by atoms with Gasteiger partial charge in [0.15, 0.2) is 0 Å². The first kappa shape index (κ1) is 21.1. The molecule has 0 radical (unpaired) electrons. The van der Waals surface area contributed by atoms with Gasteiger partial charge in [-0.05, 0) is 68.3 Å². The maximum absolute atomic E-state index is 12.9. The van der Waals surface area contributed by atoms with E-state index in [4.69, 9.17) is 0 Å². The minimum atomic E-state index is -0.117. The topological polar surface area (TPSA) is 61.4 Å². The van der Waals surface area contributed by atoms with Crippen LogP contribution in [0.4, 0.5) is 17.1 Å². The van der Waals surface area contributed by atoms with Gasteiger partial charge in [0.05, 0.1) is 6.54 Å². The van der Waals surface area contributed by atoms with Gasteiger partial charge in [-0.25, -0.2) is 0 Å². The van der Waals surface area contributed by atoms with Crippen molar-refractivity contribution in [2.75, 3.05) is 28.6 Å². The lowest BCUT2D eigenvalue weighted by Crippen LogP contribution is -2.30. The van der Waals surface area contributed by atoms with Crippen LogP contribution in [-0.4, -0.2) is 24.9 Å². The number of rotatable bonds is 7. The molecule has 30 heavy (non-hydrogen) atoms. The summed E-state index contributed by atoms with van der Waals surface area (Å²) in [5.74, 6) is -0.170. The molecule has 0 bridgehead atoms. The number of carbonyl (C=O) groups excluding carboxylic acids is 2. The highest BCUT2D eigenvalue weighted by Gasteiger charge is 2.15. The zero-order valence-electron chi connectivity index (χ0n) is 17.6. The average Bonchev–Trinajstić information content (AvgIpc) is 2.76. The molecule has 5 heteroatoms. The van der Waals surface area contributed by atoms with Crippen molar-refractivity contribution >= 4 is 28.9 Å². The number of para-hydroxylation sites is 2. The van der Waals surface area contributed by atoms with Gasteiger partial charge in [-0.3, -0.25) is 9.59 Å². The van der Waals surface area contributed by atoms with Crippen molar-refractivity contribution in [2.45, 2.75) is 20.8 Å². The summed E-state index contributed by atoms with van der Waals surface area (Å²) in [6, 6.07) is 22.7. The van der Waals surface area contributed by atoms with E-state index < -0.39 is 0 Å². The van der Waals surface area contributed by atoms with Gasteiger partial charge >= 0.3 is 0 Å². The van der Waals surface area contributed by atoms with Crippen molar-refractivity contribution in [1.29, 1.82) is 0 Å². The van der Waals surface area contributed by atoms with Crippen LogP contribution in [0.5, 0.6) is 0 Å². The highest BCUT2D eigenvalue weighted by Crippen LogP contribution is 2.20. The Bertz CT molecular complexity index is 994. The molecule has 3 aromatic carbocycles. The Morgan fingerprint density at radius 2 is 1.47 bits per heavy atom. The molecule has 0 aliphatic carbocycles. The van der Waals surface area contributed by atoms with Crippen LogP contribution in [0.25, 0.3) is 0 Å². The summed E-state index contributed by atoms with van der Waals surface area (Å²) >= 11 is 0. The molecule has 2 N–H and O–H groups in total. The molecule has 3 aromatic rings. The van der Waals surface area contributed by atoms with E-state index in [1.54, 1.807) is 17.0 Å². The quantitative estimate of drug-likeness (QED) is 0.584. The number of anilines is 3. The summed E-state index contributed by atoms with van der Waals surface area (Å²) in [4.78, 5) is 26.9. The first-order valence-corrected chi connectivity index (χ1v) is 10.1. The van der Waals surface area contributed by atoms with Gasteiger partial charge in [-0.15, -0.1) is 0 Å². The van der Waals surface area contributed by atoms with E-state index >= 15 is 0 Å². The van der Waals surface area contributed by atoms with E-state index in [-0.39, 0.29) is 18.4 Å². The molecule has 0 saturated carbocycles. The van der Waals surface area contributed by atoms with E-state index in [9.17, 15) is 9.59 Å². The lowest BCUT2D eigenvalue weighted by atomic mass is 10.1. The predicted octanol–water partition coefficient (Wildman–Crippen LogP) is 5.02. The van der Waals surface area contributed by atoms with Crippen molar-refractivity contribution in [3.05, 3.63) is 89.5 Å². The maximum Gasteiger partial charge on any atom is 0.258 e. The number of benzene rings is 3. The van der Waals surface area contributed by atoms with Crippen LogP contribution in [-0.2, 0) is 4.79 Å². The molecule has 0 spiro atoms. The molecule has 0 aliphatic heterocycles. The third-order valence-corrected chi connectivity index (χ3v) is 4.96. The van der Waals surface area contributed by atoms with E-state index in [0.717, 1.165) is 28.2 Å². The predicted molar refractivity (Wildman–Crippen MR) is 123 cm³/mol. The second kappa shape index (κ2) is 9.74. The SMILES string of the molecule is CCN(C(=O)c1ccc(NCC(=O)Nc2c(C)cccc2C)cc1)c1ccccc1. The molecule has 0 fully saturated rings. The highest BCUT2D eigenvalue weighted by molar-refractivity contribution is 6.06.